The average molecular weight is 384 g/mol. The van der Waals surface area contributed by atoms with Crippen molar-refractivity contribution in [2.45, 2.75) is 6.17 Å². The van der Waals surface area contributed by atoms with Gasteiger partial charge in [-0.1, -0.05) is 12.1 Å². The Morgan fingerprint density at radius 3 is 2.11 bits per heavy atom. The SMILES string of the molecule is COc1cc(C(=O)C2=NC(c3ccc(C(=O)O)cc3)NC2)cc(OC)c1OC. The number of carboxylic acids is 1. The number of carbonyl (C=O) groups is 2. The van der Waals surface area contributed by atoms with Crippen LogP contribution in [0.2, 0.25) is 0 Å². The Labute approximate surface area is 161 Å². The predicted molar refractivity (Wildman–Crippen MR) is 102 cm³/mol. The molecule has 1 unspecified atom stereocenters. The zero-order chi connectivity index (χ0) is 20.3. The molecule has 0 bridgehead atoms. The van der Waals surface area contributed by atoms with Crippen LogP contribution in [0.3, 0.4) is 0 Å². The van der Waals surface area contributed by atoms with E-state index in [0.29, 0.717) is 35.1 Å². The van der Waals surface area contributed by atoms with Gasteiger partial charge in [0.25, 0.3) is 0 Å². The van der Waals surface area contributed by atoms with Crippen LogP contribution in [0.1, 0.15) is 32.4 Å². The predicted octanol–water partition coefficient (Wildman–Crippen LogP) is 2.34. The minimum atomic E-state index is -0.993. The summed E-state index contributed by atoms with van der Waals surface area (Å²) in [7, 11) is 4.46. The first kappa shape index (κ1) is 19.4. The number of hydrogen-bond donors (Lipinski definition) is 2. The van der Waals surface area contributed by atoms with Gasteiger partial charge in [0.1, 0.15) is 6.17 Å². The number of nitrogens with zero attached hydrogens (tertiary/aromatic N) is 1. The van der Waals surface area contributed by atoms with Crippen molar-refractivity contribution < 1.29 is 28.9 Å². The Morgan fingerprint density at radius 1 is 1.00 bits per heavy atom. The number of carboxylic acid groups (broad SMARTS) is 1. The van der Waals surface area contributed by atoms with Crippen molar-refractivity contribution in [1.82, 2.24) is 5.32 Å². The van der Waals surface area contributed by atoms with Crippen LogP contribution >= 0.6 is 0 Å². The fourth-order valence-electron chi connectivity index (χ4n) is 2.96. The summed E-state index contributed by atoms with van der Waals surface area (Å²) >= 11 is 0. The fourth-order valence-corrected chi connectivity index (χ4v) is 2.96. The van der Waals surface area contributed by atoms with Gasteiger partial charge in [-0.15, -0.1) is 0 Å². The topological polar surface area (TPSA) is 106 Å². The van der Waals surface area contributed by atoms with E-state index >= 15 is 0 Å². The molecule has 0 aliphatic carbocycles. The van der Waals surface area contributed by atoms with Crippen LogP contribution in [0, 0.1) is 0 Å². The highest BCUT2D eigenvalue weighted by molar-refractivity contribution is 6.47. The van der Waals surface area contributed by atoms with Crippen molar-refractivity contribution >= 4 is 17.5 Å². The lowest BCUT2D eigenvalue weighted by atomic mass is 10.1. The lowest BCUT2D eigenvalue weighted by molar-refractivity contribution is 0.0696. The Morgan fingerprint density at radius 2 is 1.61 bits per heavy atom. The highest BCUT2D eigenvalue weighted by Crippen LogP contribution is 2.38. The van der Waals surface area contributed by atoms with Crippen molar-refractivity contribution in [3.8, 4) is 17.2 Å². The normalized spacial score (nSPS) is 15.7. The van der Waals surface area contributed by atoms with Crippen LogP contribution in [0.25, 0.3) is 0 Å². The zero-order valence-electron chi connectivity index (χ0n) is 15.7. The first-order valence-electron chi connectivity index (χ1n) is 8.46. The number of aliphatic imine (C=N–C) groups is 1. The molecular formula is C20H20N2O6. The summed E-state index contributed by atoms with van der Waals surface area (Å²) in [6.07, 6.45) is -0.413. The minimum Gasteiger partial charge on any atom is -0.493 e. The van der Waals surface area contributed by atoms with Crippen molar-refractivity contribution in [2.24, 2.45) is 4.99 Å². The van der Waals surface area contributed by atoms with E-state index in [1.807, 2.05) is 0 Å². The second kappa shape index (κ2) is 8.10. The summed E-state index contributed by atoms with van der Waals surface area (Å²) in [5, 5.41) is 12.1. The van der Waals surface area contributed by atoms with Gasteiger partial charge in [-0.2, -0.15) is 0 Å². The number of rotatable bonds is 7. The smallest absolute Gasteiger partial charge is 0.335 e. The summed E-state index contributed by atoms with van der Waals surface area (Å²) in [5.74, 6) is -0.0660. The van der Waals surface area contributed by atoms with E-state index in [0.717, 1.165) is 5.56 Å². The van der Waals surface area contributed by atoms with E-state index in [1.165, 1.54) is 33.5 Å². The number of ether oxygens (including phenoxy) is 3. The number of methoxy groups -OCH3 is 3. The number of Topliss-reactive ketones (excluding diaryl/α,β-unsaturated/α-hetero) is 1. The van der Waals surface area contributed by atoms with Crippen LogP contribution in [0.4, 0.5) is 0 Å². The lowest BCUT2D eigenvalue weighted by Crippen LogP contribution is -2.22. The molecule has 3 rings (SSSR count). The van der Waals surface area contributed by atoms with Gasteiger partial charge < -0.3 is 19.3 Å². The molecule has 0 saturated heterocycles. The molecule has 1 heterocycles. The number of hydrogen-bond acceptors (Lipinski definition) is 7. The third-order valence-electron chi connectivity index (χ3n) is 4.41. The third kappa shape index (κ3) is 3.67. The van der Waals surface area contributed by atoms with Gasteiger partial charge in [0, 0.05) is 12.1 Å². The van der Waals surface area contributed by atoms with Crippen molar-refractivity contribution in [1.29, 1.82) is 0 Å². The van der Waals surface area contributed by atoms with Crippen LogP contribution in [0.15, 0.2) is 41.4 Å². The molecule has 2 aromatic rings. The Hall–Kier alpha value is -3.39. The molecule has 0 saturated carbocycles. The molecule has 0 radical (unpaired) electrons. The monoisotopic (exact) mass is 384 g/mol. The minimum absolute atomic E-state index is 0.194. The molecule has 1 aliphatic heterocycles. The second-order valence-electron chi connectivity index (χ2n) is 6.03. The molecule has 1 atom stereocenters. The highest BCUT2D eigenvalue weighted by atomic mass is 16.5. The molecule has 1 aliphatic rings. The first-order chi connectivity index (χ1) is 13.5. The number of ketones is 1. The molecule has 28 heavy (non-hydrogen) atoms. The van der Waals surface area contributed by atoms with E-state index in [4.69, 9.17) is 19.3 Å². The molecule has 2 N–H and O–H groups in total. The number of benzene rings is 2. The van der Waals surface area contributed by atoms with Gasteiger partial charge in [-0.05, 0) is 29.8 Å². The maximum atomic E-state index is 12.9. The summed E-state index contributed by atoms with van der Waals surface area (Å²) in [4.78, 5) is 28.3. The van der Waals surface area contributed by atoms with E-state index in [1.54, 1.807) is 24.3 Å². The summed E-state index contributed by atoms with van der Waals surface area (Å²) in [5.41, 5.74) is 1.70. The Balaban J connectivity index is 1.87. The number of aromatic carboxylic acids is 1. The maximum Gasteiger partial charge on any atom is 0.335 e. The largest absolute Gasteiger partial charge is 0.493 e. The summed E-state index contributed by atoms with van der Waals surface area (Å²) in [6, 6.07) is 9.54. The van der Waals surface area contributed by atoms with Crippen LogP contribution in [0.5, 0.6) is 17.2 Å². The van der Waals surface area contributed by atoms with Crippen LogP contribution in [-0.2, 0) is 0 Å². The van der Waals surface area contributed by atoms with E-state index in [-0.39, 0.29) is 11.3 Å². The quantitative estimate of drug-likeness (QED) is 0.706. The molecule has 0 aromatic heterocycles. The number of carbonyl (C=O) groups excluding carboxylic acids is 1. The molecule has 0 amide bonds. The van der Waals surface area contributed by atoms with Crippen molar-refractivity contribution in [3.05, 3.63) is 53.1 Å². The molecule has 0 fully saturated rings. The molecule has 146 valence electrons. The molecule has 2 aromatic carbocycles. The zero-order valence-corrected chi connectivity index (χ0v) is 15.7. The van der Waals surface area contributed by atoms with Crippen molar-refractivity contribution in [3.63, 3.8) is 0 Å². The van der Waals surface area contributed by atoms with E-state index in [9.17, 15) is 9.59 Å². The molecule has 0 spiro atoms. The second-order valence-corrected chi connectivity index (χ2v) is 6.03. The van der Waals surface area contributed by atoms with Gasteiger partial charge >= 0.3 is 5.97 Å². The first-order valence-corrected chi connectivity index (χ1v) is 8.46. The van der Waals surface area contributed by atoms with E-state index in [2.05, 4.69) is 10.3 Å². The van der Waals surface area contributed by atoms with Crippen molar-refractivity contribution in [2.75, 3.05) is 27.9 Å². The summed E-state index contributed by atoms with van der Waals surface area (Å²) < 4.78 is 15.9. The van der Waals surface area contributed by atoms with Gasteiger partial charge in [0.15, 0.2) is 11.5 Å². The third-order valence-corrected chi connectivity index (χ3v) is 4.41. The Kier molecular flexibility index (Phi) is 5.60. The highest BCUT2D eigenvalue weighted by Gasteiger charge is 2.26. The standard InChI is InChI=1S/C20H20N2O6/c1-26-15-8-13(9-16(27-2)18(15)28-3)17(23)14-10-21-19(22-14)11-4-6-12(7-5-11)20(24)25/h4-9,19,21H,10H2,1-3H3,(H,24,25). The van der Waals surface area contributed by atoms with Gasteiger partial charge in [-0.3, -0.25) is 15.1 Å². The number of nitrogens with one attached hydrogen (secondary N) is 1. The maximum absolute atomic E-state index is 12.9. The lowest BCUT2D eigenvalue weighted by Gasteiger charge is -2.13. The van der Waals surface area contributed by atoms with Crippen LogP contribution in [-0.4, -0.2) is 50.4 Å². The molecular weight excluding hydrogens is 364 g/mol. The van der Waals surface area contributed by atoms with Crippen LogP contribution < -0.4 is 19.5 Å². The summed E-state index contributed by atoms with van der Waals surface area (Å²) in [6.45, 7) is 0.293. The average Bonchev–Trinajstić information content (AvgIpc) is 3.22. The molecule has 8 nitrogen and oxygen atoms in total. The fraction of sp³-hybridized carbons (Fsp3) is 0.250. The van der Waals surface area contributed by atoms with Gasteiger partial charge in [0.05, 0.1) is 32.6 Å². The molecule has 8 heteroatoms. The Bertz CT molecular complexity index is 911. The van der Waals surface area contributed by atoms with Gasteiger partial charge in [-0.25, -0.2) is 4.79 Å². The van der Waals surface area contributed by atoms with Gasteiger partial charge in [0.2, 0.25) is 11.5 Å². The van der Waals surface area contributed by atoms with E-state index < -0.39 is 12.1 Å².